The quantitative estimate of drug-likeness (QED) is 0.659. The lowest BCUT2D eigenvalue weighted by atomic mass is 9.90. The van der Waals surface area contributed by atoms with Gasteiger partial charge in [0.1, 0.15) is 0 Å². The van der Waals surface area contributed by atoms with Crippen molar-refractivity contribution in [2.45, 2.75) is 12.5 Å². The van der Waals surface area contributed by atoms with Crippen molar-refractivity contribution in [1.82, 2.24) is 10.6 Å². The first-order valence-electron chi connectivity index (χ1n) is 8.30. The van der Waals surface area contributed by atoms with Crippen LogP contribution in [0.15, 0.2) is 54.6 Å². The number of carbonyl (C=O) groups excluding carboxylic acids is 3. The van der Waals surface area contributed by atoms with Crippen LogP contribution < -0.4 is 15.5 Å². The first-order valence-corrected chi connectivity index (χ1v) is 8.30. The summed E-state index contributed by atoms with van der Waals surface area (Å²) >= 11 is 0. The van der Waals surface area contributed by atoms with Gasteiger partial charge in [0.05, 0.1) is 5.69 Å². The molecule has 1 spiro atoms. The Kier molecular flexibility index (Phi) is 3.61. The summed E-state index contributed by atoms with van der Waals surface area (Å²) in [6, 6.07) is 14.6. The van der Waals surface area contributed by atoms with Gasteiger partial charge in [-0.2, -0.15) is 0 Å². The van der Waals surface area contributed by atoms with Crippen LogP contribution in [0.3, 0.4) is 0 Å². The molecule has 0 bridgehead atoms. The number of aryl methyl sites for hydroxylation is 1. The number of hydrogen-bond donors (Lipinski definition) is 2. The number of amides is 4. The third-order valence-corrected chi connectivity index (χ3v) is 4.68. The molecule has 0 aliphatic carbocycles. The SMILES string of the molecule is Cc1ccc2c(c1)C1(NC(=O)NC1=O)C(=O)N2C/C=C/c1ccccc1. The maximum absolute atomic E-state index is 13.1. The molecule has 130 valence electrons. The van der Waals surface area contributed by atoms with Gasteiger partial charge in [-0.15, -0.1) is 0 Å². The molecule has 2 aromatic carbocycles. The second-order valence-corrected chi connectivity index (χ2v) is 6.41. The van der Waals surface area contributed by atoms with Gasteiger partial charge in [0.2, 0.25) is 5.54 Å². The number of hydrogen-bond acceptors (Lipinski definition) is 3. The van der Waals surface area contributed by atoms with Crippen molar-refractivity contribution < 1.29 is 14.4 Å². The van der Waals surface area contributed by atoms with Gasteiger partial charge in [-0.05, 0) is 18.6 Å². The summed E-state index contributed by atoms with van der Waals surface area (Å²) < 4.78 is 0. The van der Waals surface area contributed by atoms with Crippen molar-refractivity contribution in [2.75, 3.05) is 11.4 Å². The summed E-state index contributed by atoms with van der Waals surface area (Å²) in [7, 11) is 0. The lowest BCUT2D eigenvalue weighted by Gasteiger charge is -2.20. The highest BCUT2D eigenvalue weighted by atomic mass is 16.2. The third-order valence-electron chi connectivity index (χ3n) is 4.68. The fourth-order valence-corrected chi connectivity index (χ4v) is 3.45. The molecule has 6 nitrogen and oxygen atoms in total. The fraction of sp³-hybridized carbons (Fsp3) is 0.150. The Hall–Kier alpha value is -3.41. The van der Waals surface area contributed by atoms with Crippen LogP contribution in [-0.2, 0) is 15.1 Å². The summed E-state index contributed by atoms with van der Waals surface area (Å²) in [5.41, 5.74) is 1.41. The third kappa shape index (κ3) is 2.30. The van der Waals surface area contributed by atoms with E-state index >= 15 is 0 Å². The maximum atomic E-state index is 13.1. The topological polar surface area (TPSA) is 78.5 Å². The number of urea groups is 1. The van der Waals surface area contributed by atoms with Crippen LogP contribution in [0, 0.1) is 6.92 Å². The Morgan fingerprint density at radius 3 is 2.54 bits per heavy atom. The van der Waals surface area contributed by atoms with E-state index < -0.39 is 23.4 Å². The van der Waals surface area contributed by atoms with Gasteiger partial charge in [0.15, 0.2) is 0 Å². The van der Waals surface area contributed by atoms with E-state index in [1.54, 1.807) is 6.07 Å². The highest BCUT2D eigenvalue weighted by Gasteiger charge is 2.61. The van der Waals surface area contributed by atoms with E-state index in [9.17, 15) is 14.4 Å². The summed E-state index contributed by atoms with van der Waals surface area (Å²) in [5, 5.41) is 4.72. The van der Waals surface area contributed by atoms with Crippen LogP contribution in [0.5, 0.6) is 0 Å². The first-order chi connectivity index (χ1) is 12.5. The van der Waals surface area contributed by atoms with Gasteiger partial charge in [-0.3, -0.25) is 14.9 Å². The first kappa shape index (κ1) is 16.1. The van der Waals surface area contributed by atoms with E-state index in [1.807, 2.05) is 61.5 Å². The average molecular weight is 347 g/mol. The smallest absolute Gasteiger partial charge is 0.312 e. The van der Waals surface area contributed by atoms with Crippen LogP contribution in [0.1, 0.15) is 16.7 Å². The number of fused-ring (bicyclic) bond motifs is 2. The highest BCUT2D eigenvalue weighted by Crippen LogP contribution is 2.42. The van der Waals surface area contributed by atoms with Crippen LogP contribution >= 0.6 is 0 Å². The van der Waals surface area contributed by atoms with Gasteiger partial charge in [0, 0.05) is 12.1 Å². The minimum Gasteiger partial charge on any atom is -0.312 e. The van der Waals surface area contributed by atoms with Crippen LogP contribution in [0.25, 0.3) is 6.08 Å². The Labute approximate surface area is 150 Å². The molecule has 4 amide bonds. The van der Waals surface area contributed by atoms with Crippen molar-refractivity contribution in [1.29, 1.82) is 0 Å². The van der Waals surface area contributed by atoms with E-state index in [1.165, 1.54) is 4.90 Å². The van der Waals surface area contributed by atoms with Crippen LogP contribution in [-0.4, -0.2) is 24.4 Å². The van der Waals surface area contributed by atoms with E-state index in [2.05, 4.69) is 10.6 Å². The number of rotatable bonds is 3. The van der Waals surface area contributed by atoms with Crippen molar-refractivity contribution in [2.24, 2.45) is 0 Å². The summed E-state index contributed by atoms with van der Waals surface area (Å²) in [5.74, 6) is -1.08. The molecule has 0 radical (unpaired) electrons. The Balaban J connectivity index is 1.71. The molecule has 2 aliphatic heterocycles. The van der Waals surface area contributed by atoms with E-state index in [4.69, 9.17) is 0 Å². The van der Waals surface area contributed by atoms with Gasteiger partial charge >= 0.3 is 6.03 Å². The fourth-order valence-electron chi connectivity index (χ4n) is 3.45. The molecule has 1 atom stereocenters. The Morgan fingerprint density at radius 1 is 1.08 bits per heavy atom. The van der Waals surface area contributed by atoms with E-state index in [0.29, 0.717) is 17.8 Å². The molecule has 26 heavy (non-hydrogen) atoms. The molecule has 2 N–H and O–H groups in total. The number of anilines is 1. The molecule has 0 saturated carbocycles. The average Bonchev–Trinajstić information content (AvgIpc) is 3.05. The highest BCUT2D eigenvalue weighted by molar-refractivity contribution is 6.27. The van der Waals surface area contributed by atoms with Crippen LogP contribution in [0.4, 0.5) is 10.5 Å². The zero-order valence-corrected chi connectivity index (χ0v) is 14.2. The van der Waals surface area contributed by atoms with Gasteiger partial charge in [0.25, 0.3) is 11.8 Å². The lowest BCUT2D eigenvalue weighted by Crippen LogP contribution is -2.52. The number of benzene rings is 2. The predicted octanol–water partition coefficient (Wildman–Crippen LogP) is 2.09. The summed E-state index contributed by atoms with van der Waals surface area (Å²) in [6.45, 7) is 2.18. The molecule has 6 heteroatoms. The minimum atomic E-state index is -1.67. The van der Waals surface area contributed by atoms with Crippen molar-refractivity contribution >= 4 is 29.6 Å². The zero-order valence-electron chi connectivity index (χ0n) is 14.2. The van der Waals surface area contributed by atoms with Crippen molar-refractivity contribution in [3.63, 3.8) is 0 Å². The monoisotopic (exact) mass is 347 g/mol. The molecule has 4 rings (SSSR count). The van der Waals surface area contributed by atoms with Gasteiger partial charge in [-0.25, -0.2) is 4.79 Å². The van der Waals surface area contributed by atoms with Crippen LogP contribution in [0.2, 0.25) is 0 Å². The molecule has 1 saturated heterocycles. The predicted molar refractivity (Wildman–Crippen MR) is 97.4 cm³/mol. The normalized spacial score (nSPS) is 21.4. The van der Waals surface area contributed by atoms with Gasteiger partial charge in [-0.1, -0.05) is 60.2 Å². The van der Waals surface area contributed by atoms with E-state index in [0.717, 1.165) is 11.1 Å². The summed E-state index contributed by atoms with van der Waals surface area (Å²) in [6.07, 6.45) is 3.78. The standard InChI is InChI=1S/C20H17N3O3/c1-13-9-10-16-15(12-13)20(17(24)21-19(26)22-20)18(25)23(16)11-5-8-14-6-3-2-4-7-14/h2-10,12H,11H2,1H3,(H2,21,22,24,26)/b8-5+. The minimum absolute atomic E-state index is 0.300. The number of imide groups is 1. The Bertz CT molecular complexity index is 952. The molecular weight excluding hydrogens is 330 g/mol. The molecule has 2 aliphatic rings. The summed E-state index contributed by atoms with van der Waals surface area (Å²) in [4.78, 5) is 38.8. The second kappa shape index (κ2) is 5.84. The molecule has 1 fully saturated rings. The van der Waals surface area contributed by atoms with Gasteiger partial charge < -0.3 is 10.2 Å². The number of nitrogens with one attached hydrogen (secondary N) is 2. The maximum Gasteiger partial charge on any atom is 0.323 e. The molecule has 1 unspecified atom stereocenters. The second-order valence-electron chi connectivity index (χ2n) is 6.41. The number of carbonyl (C=O) groups is 3. The van der Waals surface area contributed by atoms with Crippen molar-refractivity contribution in [3.8, 4) is 0 Å². The molecule has 2 aromatic rings. The number of nitrogens with zero attached hydrogens (tertiary/aromatic N) is 1. The molecule has 2 heterocycles. The largest absolute Gasteiger partial charge is 0.323 e. The Morgan fingerprint density at radius 2 is 1.85 bits per heavy atom. The lowest BCUT2D eigenvalue weighted by molar-refractivity contribution is -0.133. The molecule has 0 aromatic heterocycles. The van der Waals surface area contributed by atoms with Crippen molar-refractivity contribution in [3.05, 3.63) is 71.3 Å². The van der Waals surface area contributed by atoms with E-state index in [-0.39, 0.29) is 0 Å². The zero-order chi connectivity index (χ0) is 18.3. The molecular formula is C20H17N3O3.